The SMILES string of the molecule is C=S(=O)(NC(C)(C)C)c1ccc(C)cc1. The van der Waals surface area contributed by atoms with Crippen molar-refractivity contribution in [2.45, 2.75) is 38.1 Å². The highest BCUT2D eigenvalue weighted by Gasteiger charge is 2.16. The quantitative estimate of drug-likeness (QED) is 0.769. The summed E-state index contributed by atoms with van der Waals surface area (Å²) >= 11 is 0. The molecule has 1 aromatic carbocycles. The number of rotatable bonds is 2. The van der Waals surface area contributed by atoms with Crippen molar-refractivity contribution in [3.8, 4) is 0 Å². The van der Waals surface area contributed by atoms with E-state index in [9.17, 15) is 4.21 Å². The number of benzene rings is 1. The summed E-state index contributed by atoms with van der Waals surface area (Å²) in [4.78, 5) is 0.753. The second kappa shape index (κ2) is 3.99. The second-order valence-electron chi connectivity index (χ2n) is 4.84. The van der Waals surface area contributed by atoms with Crippen LogP contribution in [0.25, 0.3) is 0 Å². The van der Waals surface area contributed by atoms with E-state index in [0.717, 1.165) is 10.5 Å². The molecule has 1 unspecified atom stereocenters. The standard InChI is InChI=1S/C12H19NOS/c1-10-6-8-11(9-7-10)15(5,14)13-12(2,3)4/h6-9H,5H2,1-4H3,(H,13,14). The lowest BCUT2D eigenvalue weighted by Crippen LogP contribution is -2.40. The Morgan fingerprint density at radius 2 is 1.67 bits per heavy atom. The molecule has 0 saturated heterocycles. The first-order valence-corrected chi connectivity index (χ1v) is 6.66. The second-order valence-corrected chi connectivity index (χ2v) is 6.87. The zero-order chi connectivity index (χ0) is 11.7. The van der Waals surface area contributed by atoms with Gasteiger partial charge in [-0.15, -0.1) is 0 Å². The Bertz CT molecular complexity index is 424. The van der Waals surface area contributed by atoms with Gasteiger partial charge in [-0.05, 0) is 45.7 Å². The Hall–Kier alpha value is -0.800. The van der Waals surface area contributed by atoms with Crippen molar-refractivity contribution >= 4 is 15.6 Å². The maximum Gasteiger partial charge on any atom is 0.0537 e. The third kappa shape index (κ3) is 3.68. The molecule has 0 fully saturated rings. The van der Waals surface area contributed by atoms with Gasteiger partial charge in [-0.1, -0.05) is 17.7 Å². The van der Waals surface area contributed by atoms with Gasteiger partial charge in [0.05, 0.1) is 9.71 Å². The minimum Gasteiger partial charge on any atom is -0.248 e. The highest BCUT2D eigenvalue weighted by molar-refractivity contribution is 7.98. The molecule has 0 amide bonds. The van der Waals surface area contributed by atoms with Crippen LogP contribution in [0, 0.1) is 6.92 Å². The lowest BCUT2D eigenvalue weighted by Gasteiger charge is -2.23. The summed E-state index contributed by atoms with van der Waals surface area (Å²) in [5.41, 5.74) is 0.952. The zero-order valence-electron chi connectivity index (χ0n) is 9.83. The summed E-state index contributed by atoms with van der Waals surface area (Å²) in [5.74, 6) is 3.77. The molecule has 0 saturated carbocycles. The molecular weight excluding hydrogens is 206 g/mol. The fourth-order valence-corrected chi connectivity index (χ4v) is 2.99. The Morgan fingerprint density at radius 1 is 1.20 bits per heavy atom. The van der Waals surface area contributed by atoms with Crippen molar-refractivity contribution in [2.24, 2.45) is 0 Å². The first kappa shape index (κ1) is 12.3. The topological polar surface area (TPSA) is 29.1 Å². The highest BCUT2D eigenvalue weighted by atomic mass is 32.2. The van der Waals surface area contributed by atoms with Crippen LogP contribution in [0.3, 0.4) is 0 Å². The minimum absolute atomic E-state index is 0.205. The van der Waals surface area contributed by atoms with Crippen LogP contribution >= 0.6 is 0 Å². The van der Waals surface area contributed by atoms with Crippen LogP contribution in [-0.4, -0.2) is 15.6 Å². The molecule has 84 valence electrons. The van der Waals surface area contributed by atoms with E-state index in [1.165, 1.54) is 0 Å². The monoisotopic (exact) mass is 225 g/mol. The van der Waals surface area contributed by atoms with Gasteiger partial charge < -0.3 is 0 Å². The maximum absolute atomic E-state index is 12.3. The normalized spacial score (nSPS) is 16.0. The smallest absolute Gasteiger partial charge is 0.0537 e. The zero-order valence-corrected chi connectivity index (χ0v) is 10.6. The third-order valence-corrected chi connectivity index (χ3v) is 3.85. The van der Waals surface area contributed by atoms with E-state index in [1.54, 1.807) is 0 Å². The lowest BCUT2D eigenvalue weighted by atomic mass is 10.1. The third-order valence-electron chi connectivity index (χ3n) is 1.87. The highest BCUT2D eigenvalue weighted by Crippen LogP contribution is 2.13. The summed E-state index contributed by atoms with van der Waals surface area (Å²) in [6.45, 7) is 7.94. The largest absolute Gasteiger partial charge is 0.248 e. The maximum atomic E-state index is 12.3. The Balaban J connectivity index is 3.02. The Labute approximate surface area is 92.9 Å². The van der Waals surface area contributed by atoms with Crippen molar-refractivity contribution in [1.29, 1.82) is 0 Å². The molecule has 1 rings (SSSR count). The summed E-state index contributed by atoms with van der Waals surface area (Å²) in [6.07, 6.45) is 0. The van der Waals surface area contributed by atoms with Gasteiger partial charge in [0.2, 0.25) is 0 Å². The predicted molar refractivity (Wildman–Crippen MR) is 67.6 cm³/mol. The van der Waals surface area contributed by atoms with E-state index in [0.29, 0.717) is 0 Å². The van der Waals surface area contributed by atoms with Gasteiger partial charge >= 0.3 is 0 Å². The van der Waals surface area contributed by atoms with Crippen LogP contribution in [0.1, 0.15) is 26.3 Å². The van der Waals surface area contributed by atoms with E-state index < -0.39 is 9.71 Å². The van der Waals surface area contributed by atoms with Crippen LogP contribution in [0.5, 0.6) is 0 Å². The fourth-order valence-electron chi connectivity index (χ4n) is 1.31. The molecule has 1 aromatic rings. The average Bonchev–Trinajstić information content (AvgIpc) is 2.00. The number of hydrogen-bond donors (Lipinski definition) is 1. The molecule has 0 aliphatic rings. The Kier molecular flexibility index (Phi) is 3.26. The molecule has 3 heteroatoms. The van der Waals surface area contributed by atoms with Gasteiger partial charge in [-0.25, -0.2) is 8.93 Å². The van der Waals surface area contributed by atoms with E-state index in [-0.39, 0.29) is 5.54 Å². The van der Waals surface area contributed by atoms with E-state index in [4.69, 9.17) is 0 Å². The number of hydrogen-bond acceptors (Lipinski definition) is 1. The van der Waals surface area contributed by atoms with Gasteiger partial charge in [0, 0.05) is 10.4 Å². The van der Waals surface area contributed by atoms with Crippen LogP contribution < -0.4 is 4.72 Å². The van der Waals surface area contributed by atoms with Gasteiger partial charge in [0.25, 0.3) is 0 Å². The summed E-state index contributed by atoms with van der Waals surface area (Å²) in [5, 5.41) is 0. The van der Waals surface area contributed by atoms with Gasteiger partial charge in [0.1, 0.15) is 0 Å². The fraction of sp³-hybridized carbons (Fsp3) is 0.417. The van der Waals surface area contributed by atoms with Crippen LogP contribution in [0.4, 0.5) is 0 Å². The van der Waals surface area contributed by atoms with E-state index >= 15 is 0 Å². The molecule has 2 nitrogen and oxygen atoms in total. The van der Waals surface area contributed by atoms with E-state index in [1.807, 2.05) is 52.0 Å². The molecule has 0 heterocycles. The van der Waals surface area contributed by atoms with Crippen molar-refractivity contribution in [2.75, 3.05) is 0 Å². The van der Waals surface area contributed by atoms with Crippen LogP contribution in [0.2, 0.25) is 0 Å². The number of aryl methyl sites for hydroxylation is 1. The van der Waals surface area contributed by atoms with Crippen LogP contribution in [-0.2, 0) is 9.71 Å². The minimum atomic E-state index is -2.38. The first-order chi connectivity index (χ1) is 6.71. The van der Waals surface area contributed by atoms with Crippen molar-refractivity contribution < 1.29 is 4.21 Å². The summed E-state index contributed by atoms with van der Waals surface area (Å²) in [7, 11) is -2.38. The Morgan fingerprint density at radius 3 is 2.07 bits per heavy atom. The first-order valence-electron chi connectivity index (χ1n) is 4.93. The molecule has 0 bridgehead atoms. The van der Waals surface area contributed by atoms with Crippen molar-refractivity contribution in [3.05, 3.63) is 29.8 Å². The average molecular weight is 225 g/mol. The molecule has 0 aliphatic carbocycles. The van der Waals surface area contributed by atoms with Crippen molar-refractivity contribution in [3.63, 3.8) is 0 Å². The molecule has 1 atom stereocenters. The summed E-state index contributed by atoms with van der Waals surface area (Å²) in [6, 6.07) is 7.63. The van der Waals surface area contributed by atoms with Gasteiger partial charge in [-0.3, -0.25) is 0 Å². The molecule has 0 aromatic heterocycles. The molecule has 15 heavy (non-hydrogen) atoms. The van der Waals surface area contributed by atoms with E-state index in [2.05, 4.69) is 10.6 Å². The molecule has 0 radical (unpaired) electrons. The predicted octanol–water partition coefficient (Wildman–Crippen LogP) is 2.37. The van der Waals surface area contributed by atoms with Gasteiger partial charge in [0.15, 0.2) is 0 Å². The molecule has 0 spiro atoms. The lowest BCUT2D eigenvalue weighted by molar-refractivity contribution is 0.518. The molecule has 1 N–H and O–H groups in total. The molecular formula is C12H19NOS. The van der Waals surface area contributed by atoms with Crippen LogP contribution in [0.15, 0.2) is 29.2 Å². The van der Waals surface area contributed by atoms with Crippen molar-refractivity contribution in [1.82, 2.24) is 4.72 Å². The number of nitrogens with one attached hydrogen (secondary N) is 1. The summed E-state index contributed by atoms with van der Waals surface area (Å²) < 4.78 is 15.3. The van der Waals surface area contributed by atoms with Gasteiger partial charge in [-0.2, -0.15) is 0 Å². The molecule has 0 aliphatic heterocycles.